The Hall–Kier alpha value is -2.54. The van der Waals surface area contributed by atoms with Crippen LogP contribution in [-0.4, -0.2) is 35.3 Å². The fraction of sp³-hybridized carbons (Fsp3) is 0.278. The van der Waals surface area contributed by atoms with Gasteiger partial charge in [0.2, 0.25) is 5.95 Å². The molecule has 130 valence electrons. The average molecular weight is 354 g/mol. The summed E-state index contributed by atoms with van der Waals surface area (Å²) in [6, 6.07) is 6.25. The van der Waals surface area contributed by atoms with Crippen LogP contribution in [0.3, 0.4) is 0 Å². The predicted molar refractivity (Wildman–Crippen MR) is 106 cm³/mol. The summed E-state index contributed by atoms with van der Waals surface area (Å²) >= 11 is 1.53. The number of benzene rings is 1. The van der Waals surface area contributed by atoms with Gasteiger partial charge in [-0.2, -0.15) is 4.98 Å². The Balaban J connectivity index is 2.20. The zero-order valence-corrected chi connectivity index (χ0v) is 15.7. The maximum absolute atomic E-state index is 6.14. The summed E-state index contributed by atoms with van der Waals surface area (Å²) in [7, 11) is 4.07. The van der Waals surface area contributed by atoms with Crippen molar-refractivity contribution in [3.8, 4) is 0 Å². The number of thioether (sulfide) groups is 1. The number of fused-ring (bicyclic) bond motifs is 1. The van der Waals surface area contributed by atoms with Crippen LogP contribution in [0.1, 0.15) is 16.7 Å². The Kier molecular flexibility index (Phi) is 4.67. The molecule has 0 atom stereocenters. The van der Waals surface area contributed by atoms with Gasteiger partial charge in [-0.1, -0.05) is 12.1 Å². The van der Waals surface area contributed by atoms with Gasteiger partial charge >= 0.3 is 0 Å². The summed E-state index contributed by atoms with van der Waals surface area (Å²) in [5.74, 6) is 0.638. The molecule has 0 spiro atoms. The zero-order chi connectivity index (χ0) is 18.1. The molecule has 0 saturated carbocycles. The highest BCUT2D eigenvalue weighted by molar-refractivity contribution is 7.98. The molecular formula is C18H22N6S. The van der Waals surface area contributed by atoms with Crippen molar-refractivity contribution in [1.82, 2.24) is 15.0 Å². The number of rotatable bonds is 4. The van der Waals surface area contributed by atoms with Gasteiger partial charge in [-0.3, -0.25) is 4.98 Å². The molecule has 0 unspecified atom stereocenters. The lowest BCUT2D eigenvalue weighted by Gasteiger charge is -2.20. The molecule has 0 saturated heterocycles. The number of aryl methyl sites for hydroxylation is 1. The van der Waals surface area contributed by atoms with Crippen molar-refractivity contribution >= 4 is 40.1 Å². The molecule has 2 aromatic heterocycles. The molecule has 3 aromatic rings. The highest BCUT2D eigenvalue weighted by atomic mass is 32.2. The van der Waals surface area contributed by atoms with Crippen LogP contribution in [0.2, 0.25) is 0 Å². The van der Waals surface area contributed by atoms with E-state index in [2.05, 4.69) is 38.9 Å². The predicted octanol–water partition coefficient (Wildman–Crippen LogP) is 2.88. The van der Waals surface area contributed by atoms with Gasteiger partial charge in [0.05, 0.1) is 11.2 Å². The lowest BCUT2D eigenvalue weighted by Crippen LogP contribution is -2.12. The average Bonchev–Trinajstić information content (AvgIpc) is 2.56. The van der Waals surface area contributed by atoms with Gasteiger partial charge in [0.15, 0.2) is 0 Å². The molecule has 1 aromatic carbocycles. The molecule has 2 heterocycles. The summed E-state index contributed by atoms with van der Waals surface area (Å²) in [4.78, 5) is 15.2. The summed E-state index contributed by atoms with van der Waals surface area (Å²) in [5.41, 5.74) is 17.2. The van der Waals surface area contributed by atoms with E-state index in [1.54, 1.807) is 0 Å². The van der Waals surface area contributed by atoms with Crippen molar-refractivity contribution in [3.05, 3.63) is 41.1 Å². The van der Waals surface area contributed by atoms with E-state index in [9.17, 15) is 0 Å². The Morgan fingerprint density at radius 2 is 1.96 bits per heavy atom. The van der Waals surface area contributed by atoms with Gasteiger partial charge in [0, 0.05) is 37.7 Å². The van der Waals surface area contributed by atoms with Crippen LogP contribution in [0.5, 0.6) is 0 Å². The van der Waals surface area contributed by atoms with Crippen LogP contribution in [0.4, 0.5) is 17.5 Å². The quantitative estimate of drug-likeness (QED) is 0.549. The molecule has 0 bridgehead atoms. The van der Waals surface area contributed by atoms with E-state index >= 15 is 0 Å². The first kappa shape index (κ1) is 17.3. The first-order valence-corrected chi connectivity index (χ1v) is 9.15. The molecule has 4 N–H and O–H groups in total. The maximum Gasteiger partial charge on any atom is 0.223 e. The molecule has 6 nitrogen and oxygen atoms in total. The lowest BCUT2D eigenvalue weighted by atomic mass is 9.97. The molecule has 0 fully saturated rings. The smallest absolute Gasteiger partial charge is 0.223 e. The van der Waals surface area contributed by atoms with Crippen molar-refractivity contribution in [1.29, 1.82) is 0 Å². The Labute approximate surface area is 151 Å². The zero-order valence-electron chi connectivity index (χ0n) is 14.9. The number of anilines is 3. The van der Waals surface area contributed by atoms with Crippen LogP contribution >= 0.6 is 11.8 Å². The molecule has 25 heavy (non-hydrogen) atoms. The van der Waals surface area contributed by atoms with E-state index in [0.717, 1.165) is 32.7 Å². The fourth-order valence-electron chi connectivity index (χ4n) is 3.18. The van der Waals surface area contributed by atoms with Crippen molar-refractivity contribution in [2.24, 2.45) is 0 Å². The minimum absolute atomic E-state index is 0.205. The van der Waals surface area contributed by atoms with E-state index in [4.69, 9.17) is 11.5 Å². The largest absolute Gasteiger partial charge is 0.383 e. The van der Waals surface area contributed by atoms with Gasteiger partial charge < -0.3 is 16.4 Å². The summed E-state index contributed by atoms with van der Waals surface area (Å²) in [6.45, 7) is 2.10. The van der Waals surface area contributed by atoms with Gasteiger partial charge in [0.25, 0.3) is 0 Å². The molecule has 0 aliphatic rings. The highest BCUT2D eigenvalue weighted by Crippen LogP contribution is 2.34. The van der Waals surface area contributed by atoms with Gasteiger partial charge in [0.1, 0.15) is 10.8 Å². The van der Waals surface area contributed by atoms with Gasteiger partial charge in [-0.25, -0.2) is 4.98 Å². The van der Waals surface area contributed by atoms with Crippen molar-refractivity contribution in [2.45, 2.75) is 18.4 Å². The van der Waals surface area contributed by atoms with Crippen LogP contribution in [-0.2, 0) is 6.42 Å². The second-order valence-electron chi connectivity index (χ2n) is 6.13. The number of nitrogen functional groups attached to an aromatic ring is 2. The van der Waals surface area contributed by atoms with E-state index in [1.807, 2.05) is 32.6 Å². The summed E-state index contributed by atoms with van der Waals surface area (Å²) in [5, 5.41) is 1.93. The number of pyridine rings is 1. The summed E-state index contributed by atoms with van der Waals surface area (Å²) < 4.78 is 0. The molecule has 7 heteroatoms. The third-order valence-electron chi connectivity index (χ3n) is 4.17. The van der Waals surface area contributed by atoms with Crippen LogP contribution in [0.25, 0.3) is 10.9 Å². The van der Waals surface area contributed by atoms with Crippen molar-refractivity contribution in [2.75, 3.05) is 36.7 Å². The van der Waals surface area contributed by atoms with Crippen LogP contribution in [0.15, 0.2) is 29.4 Å². The SMILES string of the molecule is CSc1nc(N)nc(N)c1Cc1cc(C)c(N(C)C)c2ncccc12. The molecule has 0 radical (unpaired) electrons. The van der Waals surface area contributed by atoms with Crippen LogP contribution < -0.4 is 16.4 Å². The van der Waals surface area contributed by atoms with Crippen molar-refractivity contribution in [3.63, 3.8) is 0 Å². The first-order chi connectivity index (χ1) is 11.9. The molecule has 0 aliphatic heterocycles. The number of hydrogen-bond acceptors (Lipinski definition) is 7. The fourth-order valence-corrected chi connectivity index (χ4v) is 3.79. The van der Waals surface area contributed by atoms with E-state index in [-0.39, 0.29) is 5.95 Å². The second-order valence-corrected chi connectivity index (χ2v) is 6.92. The van der Waals surface area contributed by atoms with E-state index in [1.165, 1.54) is 17.3 Å². The Morgan fingerprint density at radius 3 is 2.64 bits per heavy atom. The van der Waals surface area contributed by atoms with E-state index in [0.29, 0.717) is 12.2 Å². The lowest BCUT2D eigenvalue weighted by molar-refractivity contribution is 0.987. The monoisotopic (exact) mass is 354 g/mol. The number of nitrogens with two attached hydrogens (primary N) is 2. The number of nitrogens with zero attached hydrogens (tertiary/aromatic N) is 4. The third-order valence-corrected chi connectivity index (χ3v) is 4.89. The minimum Gasteiger partial charge on any atom is -0.383 e. The Bertz CT molecular complexity index is 938. The normalized spacial score (nSPS) is 11.0. The highest BCUT2D eigenvalue weighted by Gasteiger charge is 2.16. The molecule has 3 rings (SSSR count). The number of hydrogen-bond donors (Lipinski definition) is 2. The third kappa shape index (κ3) is 3.19. The second kappa shape index (κ2) is 6.76. The number of aromatic nitrogens is 3. The minimum atomic E-state index is 0.205. The van der Waals surface area contributed by atoms with Crippen LogP contribution in [0, 0.1) is 6.92 Å². The van der Waals surface area contributed by atoms with Gasteiger partial charge in [-0.05, 0) is 30.4 Å². The molecule has 0 amide bonds. The standard InChI is InChI=1S/C18H22N6S/c1-10-8-11(9-13-16(19)22-18(20)23-17(13)25-4)12-6-5-7-21-14(12)15(10)24(2)3/h5-8H,9H2,1-4H3,(H4,19,20,22,23). The van der Waals surface area contributed by atoms with Crippen molar-refractivity contribution < 1.29 is 0 Å². The molecular weight excluding hydrogens is 332 g/mol. The Morgan fingerprint density at radius 1 is 1.20 bits per heavy atom. The van der Waals surface area contributed by atoms with E-state index < -0.39 is 0 Å². The maximum atomic E-state index is 6.14. The van der Waals surface area contributed by atoms with Gasteiger partial charge in [-0.15, -0.1) is 11.8 Å². The molecule has 0 aliphatic carbocycles. The summed E-state index contributed by atoms with van der Waals surface area (Å²) in [6.07, 6.45) is 4.43. The first-order valence-electron chi connectivity index (χ1n) is 7.92. The topological polar surface area (TPSA) is 93.9 Å².